The molecule has 0 aliphatic heterocycles. The molecule has 1 aromatic carbocycles. The average Bonchev–Trinajstić information content (AvgIpc) is 2.41. The van der Waals surface area contributed by atoms with Crippen LogP contribution in [0.4, 0.5) is 0 Å². The molecule has 2 rings (SSSR count). The first-order valence-corrected chi connectivity index (χ1v) is 6.79. The van der Waals surface area contributed by atoms with Gasteiger partial charge in [-0.1, -0.05) is 19.1 Å². The minimum Gasteiger partial charge on any atom is -0.349 e. The smallest absolute Gasteiger partial charge is 0.251 e. The third-order valence-electron chi connectivity index (χ3n) is 3.80. The molecule has 0 atom stereocenters. The summed E-state index contributed by atoms with van der Waals surface area (Å²) >= 11 is 0. The van der Waals surface area contributed by atoms with E-state index >= 15 is 0 Å². The summed E-state index contributed by atoms with van der Waals surface area (Å²) in [5.74, 6) is 0.847. The van der Waals surface area contributed by atoms with Gasteiger partial charge in [0.15, 0.2) is 0 Å². The van der Waals surface area contributed by atoms with Gasteiger partial charge in [-0.25, -0.2) is 0 Å². The quantitative estimate of drug-likeness (QED) is 0.896. The first-order chi connectivity index (χ1) is 8.69. The van der Waals surface area contributed by atoms with Crippen LogP contribution in [0.3, 0.4) is 0 Å². The molecule has 0 aromatic heterocycles. The molecular weight excluding hydrogens is 260 g/mol. The van der Waals surface area contributed by atoms with Crippen molar-refractivity contribution in [2.24, 2.45) is 11.7 Å². The van der Waals surface area contributed by atoms with Crippen LogP contribution in [0.25, 0.3) is 0 Å². The molecule has 0 saturated heterocycles. The van der Waals surface area contributed by atoms with Gasteiger partial charge in [-0.3, -0.25) is 4.79 Å². The molecule has 1 aliphatic rings. The summed E-state index contributed by atoms with van der Waals surface area (Å²) in [6, 6.07) is 7.88. The van der Waals surface area contributed by atoms with E-state index in [9.17, 15) is 4.79 Å². The van der Waals surface area contributed by atoms with Gasteiger partial charge in [-0.2, -0.15) is 0 Å². The molecule has 0 heterocycles. The average molecular weight is 283 g/mol. The SMILES string of the molecule is CC1CCC(NC(=O)c2ccc(CN)cc2)CC1.Cl. The largest absolute Gasteiger partial charge is 0.349 e. The Hall–Kier alpha value is -1.06. The van der Waals surface area contributed by atoms with Crippen molar-refractivity contribution in [3.05, 3.63) is 35.4 Å². The van der Waals surface area contributed by atoms with Crippen LogP contribution >= 0.6 is 12.4 Å². The molecule has 0 spiro atoms. The number of halogens is 1. The lowest BCUT2D eigenvalue weighted by Crippen LogP contribution is -2.37. The van der Waals surface area contributed by atoms with Crippen molar-refractivity contribution >= 4 is 18.3 Å². The fraction of sp³-hybridized carbons (Fsp3) is 0.533. The minimum atomic E-state index is 0. The third-order valence-corrected chi connectivity index (χ3v) is 3.80. The van der Waals surface area contributed by atoms with Gasteiger partial charge in [0.2, 0.25) is 0 Å². The molecule has 3 nitrogen and oxygen atoms in total. The van der Waals surface area contributed by atoms with Crippen molar-refractivity contribution in [2.75, 3.05) is 0 Å². The second kappa shape index (κ2) is 7.51. The lowest BCUT2D eigenvalue weighted by molar-refractivity contribution is 0.0923. The molecular formula is C15H23ClN2O. The molecule has 1 amide bonds. The monoisotopic (exact) mass is 282 g/mol. The van der Waals surface area contributed by atoms with Crippen LogP contribution in [-0.2, 0) is 6.54 Å². The zero-order valence-electron chi connectivity index (χ0n) is 11.4. The van der Waals surface area contributed by atoms with Gasteiger partial charge in [-0.05, 0) is 49.3 Å². The van der Waals surface area contributed by atoms with Gasteiger partial charge in [0.05, 0.1) is 0 Å². The maximum atomic E-state index is 12.1. The van der Waals surface area contributed by atoms with E-state index in [0.29, 0.717) is 12.6 Å². The van der Waals surface area contributed by atoms with Crippen LogP contribution in [0.2, 0.25) is 0 Å². The highest BCUT2D eigenvalue weighted by Gasteiger charge is 2.20. The maximum absolute atomic E-state index is 12.1. The van der Waals surface area contributed by atoms with Crippen molar-refractivity contribution in [1.82, 2.24) is 5.32 Å². The summed E-state index contributed by atoms with van der Waals surface area (Å²) in [5, 5.41) is 3.12. The number of nitrogens with one attached hydrogen (secondary N) is 1. The molecule has 0 bridgehead atoms. The molecule has 1 saturated carbocycles. The Balaban J connectivity index is 0.00000180. The number of rotatable bonds is 3. The number of benzene rings is 1. The Morgan fingerprint density at radius 3 is 2.32 bits per heavy atom. The van der Waals surface area contributed by atoms with E-state index in [1.165, 1.54) is 12.8 Å². The Kier molecular flexibility index (Phi) is 6.32. The van der Waals surface area contributed by atoms with Crippen LogP contribution in [-0.4, -0.2) is 11.9 Å². The molecule has 106 valence electrons. The van der Waals surface area contributed by atoms with E-state index < -0.39 is 0 Å². The lowest BCUT2D eigenvalue weighted by atomic mass is 9.87. The van der Waals surface area contributed by atoms with E-state index in [4.69, 9.17) is 5.73 Å². The van der Waals surface area contributed by atoms with Crippen molar-refractivity contribution in [2.45, 2.75) is 45.2 Å². The predicted octanol–water partition coefficient (Wildman–Crippen LogP) is 2.88. The highest BCUT2D eigenvalue weighted by molar-refractivity contribution is 5.94. The first kappa shape index (κ1) is 16.0. The van der Waals surface area contributed by atoms with Gasteiger partial charge in [0.1, 0.15) is 0 Å². The summed E-state index contributed by atoms with van der Waals surface area (Å²) in [4.78, 5) is 12.1. The van der Waals surface area contributed by atoms with Crippen LogP contribution in [0, 0.1) is 5.92 Å². The Morgan fingerprint density at radius 2 is 1.79 bits per heavy atom. The van der Waals surface area contributed by atoms with Crippen LogP contribution in [0.15, 0.2) is 24.3 Å². The third kappa shape index (κ3) is 4.51. The standard InChI is InChI=1S/C15H22N2O.ClH/c1-11-2-8-14(9-3-11)17-15(18)13-6-4-12(10-16)5-7-13;/h4-7,11,14H,2-3,8-10,16H2,1H3,(H,17,18);1H. The summed E-state index contributed by atoms with van der Waals surface area (Å²) in [7, 11) is 0. The highest BCUT2D eigenvalue weighted by Crippen LogP contribution is 2.23. The normalized spacial score (nSPS) is 22.4. The van der Waals surface area contributed by atoms with Gasteiger partial charge in [0, 0.05) is 18.2 Å². The van der Waals surface area contributed by atoms with E-state index in [2.05, 4.69) is 12.2 Å². The number of carbonyl (C=O) groups excluding carboxylic acids is 1. The fourth-order valence-electron chi connectivity index (χ4n) is 2.47. The van der Waals surface area contributed by atoms with Crippen molar-refractivity contribution < 1.29 is 4.79 Å². The molecule has 19 heavy (non-hydrogen) atoms. The van der Waals surface area contributed by atoms with Crippen molar-refractivity contribution in [3.63, 3.8) is 0 Å². The number of amides is 1. The highest BCUT2D eigenvalue weighted by atomic mass is 35.5. The van der Waals surface area contributed by atoms with Gasteiger partial charge in [0.25, 0.3) is 5.91 Å². The summed E-state index contributed by atoms with van der Waals surface area (Å²) in [5.41, 5.74) is 7.32. The topological polar surface area (TPSA) is 55.1 Å². The number of nitrogens with two attached hydrogens (primary N) is 1. The number of hydrogen-bond acceptors (Lipinski definition) is 2. The summed E-state index contributed by atoms with van der Waals surface area (Å²) in [6.07, 6.45) is 4.65. The van der Waals surface area contributed by atoms with E-state index in [0.717, 1.165) is 29.9 Å². The van der Waals surface area contributed by atoms with Gasteiger partial charge in [-0.15, -0.1) is 12.4 Å². The molecule has 0 radical (unpaired) electrons. The van der Waals surface area contributed by atoms with E-state index in [-0.39, 0.29) is 18.3 Å². The minimum absolute atomic E-state index is 0. The van der Waals surface area contributed by atoms with Gasteiger partial charge >= 0.3 is 0 Å². The molecule has 3 N–H and O–H groups in total. The van der Waals surface area contributed by atoms with Crippen LogP contribution in [0.1, 0.15) is 48.5 Å². The molecule has 0 unspecified atom stereocenters. The Morgan fingerprint density at radius 1 is 1.21 bits per heavy atom. The van der Waals surface area contributed by atoms with Crippen LogP contribution in [0.5, 0.6) is 0 Å². The number of carbonyl (C=O) groups is 1. The van der Waals surface area contributed by atoms with Crippen molar-refractivity contribution in [1.29, 1.82) is 0 Å². The predicted molar refractivity (Wildman–Crippen MR) is 80.5 cm³/mol. The van der Waals surface area contributed by atoms with Crippen molar-refractivity contribution in [3.8, 4) is 0 Å². The zero-order valence-corrected chi connectivity index (χ0v) is 12.2. The van der Waals surface area contributed by atoms with Crippen LogP contribution < -0.4 is 11.1 Å². The van der Waals surface area contributed by atoms with E-state index in [1.807, 2.05) is 24.3 Å². The molecule has 1 aromatic rings. The van der Waals surface area contributed by atoms with E-state index in [1.54, 1.807) is 0 Å². The van der Waals surface area contributed by atoms with Gasteiger partial charge < -0.3 is 11.1 Å². The lowest BCUT2D eigenvalue weighted by Gasteiger charge is -2.26. The molecule has 1 aliphatic carbocycles. The Labute approximate surface area is 121 Å². The number of hydrogen-bond donors (Lipinski definition) is 2. The maximum Gasteiger partial charge on any atom is 0.251 e. The second-order valence-electron chi connectivity index (χ2n) is 5.33. The summed E-state index contributed by atoms with van der Waals surface area (Å²) in [6.45, 7) is 2.80. The fourth-order valence-corrected chi connectivity index (χ4v) is 2.47. The first-order valence-electron chi connectivity index (χ1n) is 6.79. The second-order valence-corrected chi connectivity index (χ2v) is 5.33. The summed E-state index contributed by atoms with van der Waals surface area (Å²) < 4.78 is 0. The Bertz CT molecular complexity index is 397. The molecule has 4 heteroatoms. The molecule has 1 fully saturated rings. The zero-order chi connectivity index (χ0) is 13.0.